The second kappa shape index (κ2) is 7.65. The first kappa shape index (κ1) is 16.2. The normalized spacial score (nSPS) is 12.7. The van der Waals surface area contributed by atoms with Gasteiger partial charge in [0.15, 0.2) is 5.78 Å². The van der Waals surface area contributed by atoms with Crippen LogP contribution in [0.3, 0.4) is 0 Å². The Morgan fingerprint density at radius 1 is 1.42 bits per heavy atom. The van der Waals surface area contributed by atoms with Crippen molar-refractivity contribution in [1.82, 2.24) is 9.78 Å². The van der Waals surface area contributed by atoms with E-state index in [0.29, 0.717) is 11.6 Å². The van der Waals surface area contributed by atoms with E-state index in [1.54, 1.807) is 7.11 Å². The summed E-state index contributed by atoms with van der Waals surface area (Å²) in [7, 11) is 1.58. The molecule has 19 heavy (non-hydrogen) atoms. The molecule has 0 aromatic carbocycles. The Kier molecular flexibility index (Phi) is 6.52. The van der Waals surface area contributed by atoms with E-state index in [2.05, 4.69) is 5.10 Å². The number of aromatic nitrogens is 2. The number of ketones is 1. The molecule has 0 aliphatic carbocycles. The number of methoxy groups -OCH3 is 1. The Bertz CT molecular complexity index is 429. The third-order valence-corrected chi connectivity index (χ3v) is 3.67. The molecule has 1 heterocycles. The molecule has 0 amide bonds. The van der Waals surface area contributed by atoms with Crippen molar-refractivity contribution in [2.24, 2.45) is 0 Å². The summed E-state index contributed by atoms with van der Waals surface area (Å²) >= 11 is 6.30. The highest BCUT2D eigenvalue weighted by atomic mass is 35.5. The Balaban J connectivity index is 2.91. The zero-order chi connectivity index (χ0) is 14.4. The Morgan fingerprint density at radius 2 is 2.11 bits per heavy atom. The SMILES string of the molecule is CCCC(OC)C(=O)Cc1c(Cl)c(CC)nn1CC. The maximum atomic E-state index is 12.2. The van der Waals surface area contributed by atoms with E-state index in [9.17, 15) is 4.79 Å². The van der Waals surface area contributed by atoms with E-state index in [1.165, 1.54) is 0 Å². The highest BCUT2D eigenvalue weighted by molar-refractivity contribution is 6.32. The first-order valence-corrected chi connectivity index (χ1v) is 7.26. The fourth-order valence-electron chi connectivity index (χ4n) is 2.14. The average Bonchev–Trinajstić information content (AvgIpc) is 2.72. The smallest absolute Gasteiger partial charge is 0.167 e. The summed E-state index contributed by atoms with van der Waals surface area (Å²) < 4.78 is 7.07. The summed E-state index contributed by atoms with van der Waals surface area (Å²) in [5.41, 5.74) is 1.67. The third kappa shape index (κ3) is 3.80. The summed E-state index contributed by atoms with van der Waals surface area (Å²) in [6, 6.07) is 0. The van der Waals surface area contributed by atoms with Gasteiger partial charge < -0.3 is 4.74 Å². The molecule has 0 bridgehead atoms. The number of carbonyl (C=O) groups excluding carboxylic acids is 1. The van der Waals surface area contributed by atoms with Gasteiger partial charge in [0.25, 0.3) is 0 Å². The molecule has 1 rings (SSSR count). The van der Waals surface area contributed by atoms with Crippen molar-refractivity contribution in [3.8, 4) is 0 Å². The van der Waals surface area contributed by atoms with Crippen molar-refractivity contribution < 1.29 is 9.53 Å². The van der Waals surface area contributed by atoms with E-state index >= 15 is 0 Å². The minimum absolute atomic E-state index is 0.0727. The van der Waals surface area contributed by atoms with Crippen LogP contribution < -0.4 is 0 Å². The van der Waals surface area contributed by atoms with Crippen LogP contribution in [0, 0.1) is 0 Å². The highest BCUT2D eigenvalue weighted by Crippen LogP contribution is 2.23. The zero-order valence-corrected chi connectivity index (χ0v) is 13.0. The van der Waals surface area contributed by atoms with Gasteiger partial charge >= 0.3 is 0 Å². The Morgan fingerprint density at radius 3 is 2.58 bits per heavy atom. The van der Waals surface area contributed by atoms with Crippen molar-refractivity contribution >= 4 is 17.4 Å². The van der Waals surface area contributed by atoms with Crippen LogP contribution in [0.5, 0.6) is 0 Å². The number of halogens is 1. The van der Waals surface area contributed by atoms with Crippen molar-refractivity contribution in [3.05, 3.63) is 16.4 Å². The van der Waals surface area contributed by atoms with E-state index in [1.807, 2.05) is 25.5 Å². The number of Topliss-reactive ketones (excluding diaryl/α,β-unsaturated/α-hetero) is 1. The van der Waals surface area contributed by atoms with Crippen molar-refractivity contribution in [1.29, 1.82) is 0 Å². The standard InChI is InChI=1S/C14H23ClN2O2/c1-5-8-13(19-4)12(18)9-11-14(15)10(6-2)16-17(11)7-3/h13H,5-9H2,1-4H3. The summed E-state index contributed by atoms with van der Waals surface area (Å²) in [4.78, 5) is 12.2. The fourth-order valence-corrected chi connectivity index (χ4v) is 2.47. The largest absolute Gasteiger partial charge is 0.374 e. The van der Waals surface area contributed by atoms with Crippen LogP contribution in [0.25, 0.3) is 0 Å². The molecule has 0 fully saturated rings. The van der Waals surface area contributed by atoms with Gasteiger partial charge in [-0.15, -0.1) is 0 Å². The number of aryl methyl sites for hydroxylation is 2. The number of hydrogen-bond acceptors (Lipinski definition) is 3. The Hall–Kier alpha value is -0.870. The van der Waals surface area contributed by atoms with Gasteiger partial charge in [-0.05, 0) is 19.8 Å². The van der Waals surface area contributed by atoms with Crippen molar-refractivity contribution in [3.63, 3.8) is 0 Å². The summed E-state index contributed by atoms with van der Waals surface area (Å²) in [5, 5.41) is 5.05. The Labute approximate surface area is 120 Å². The molecule has 1 atom stereocenters. The van der Waals surface area contributed by atoms with Crippen LogP contribution in [-0.4, -0.2) is 28.8 Å². The number of nitrogens with zero attached hydrogens (tertiary/aromatic N) is 2. The van der Waals surface area contributed by atoms with Gasteiger partial charge in [0.1, 0.15) is 6.10 Å². The summed E-state index contributed by atoms with van der Waals surface area (Å²) in [5.74, 6) is 0.0727. The van der Waals surface area contributed by atoms with E-state index in [0.717, 1.165) is 30.7 Å². The van der Waals surface area contributed by atoms with E-state index < -0.39 is 0 Å². The van der Waals surface area contributed by atoms with Crippen LogP contribution >= 0.6 is 11.6 Å². The molecule has 0 aliphatic heterocycles. The number of ether oxygens (including phenoxy) is 1. The van der Waals surface area contributed by atoms with Crippen LogP contribution in [0.2, 0.25) is 5.02 Å². The van der Waals surface area contributed by atoms with Crippen LogP contribution in [0.15, 0.2) is 0 Å². The molecule has 0 spiro atoms. The summed E-state index contributed by atoms with van der Waals surface area (Å²) in [6.07, 6.45) is 2.39. The molecule has 108 valence electrons. The quantitative estimate of drug-likeness (QED) is 0.738. The lowest BCUT2D eigenvalue weighted by atomic mass is 10.1. The van der Waals surface area contributed by atoms with Gasteiger partial charge in [-0.2, -0.15) is 5.10 Å². The van der Waals surface area contributed by atoms with Gasteiger partial charge in [0.05, 0.1) is 22.8 Å². The molecular formula is C14H23ClN2O2. The molecular weight excluding hydrogens is 264 g/mol. The average molecular weight is 287 g/mol. The van der Waals surface area contributed by atoms with Gasteiger partial charge in [0.2, 0.25) is 0 Å². The first-order valence-electron chi connectivity index (χ1n) is 6.88. The van der Waals surface area contributed by atoms with Crippen LogP contribution in [0.1, 0.15) is 45.0 Å². The molecule has 0 aliphatic rings. The molecule has 0 radical (unpaired) electrons. The molecule has 1 unspecified atom stereocenters. The van der Waals surface area contributed by atoms with Crippen molar-refractivity contribution in [2.75, 3.05) is 7.11 Å². The second-order valence-corrected chi connectivity index (χ2v) is 4.91. The lowest BCUT2D eigenvalue weighted by Gasteiger charge is -2.13. The van der Waals surface area contributed by atoms with Gasteiger partial charge in [-0.1, -0.05) is 31.9 Å². The van der Waals surface area contributed by atoms with E-state index in [4.69, 9.17) is 16.3 Å². The van der Waals surface area contributed by atoms with Crippen molar-refractivity contribution in [2.45, 2.75) is 59.1 Å². The highest BCUT2D eigenvalue weighted by Gasteiger charge is 2.22. The molecule has 0 saturated heterocycles. The van der Waals surface area contributed by atoms with Gasteiger partial charge in [-0.3, -0.25) is 9.48 Å². The van der Waals surface area contributed by atoms with E-state index in [-0.39, 0.29) is 18.3 Å². The van der Waals surface area contributed by atoms with Gasteiger partial charge in [-0.25, -0.2) is 0 Å². The number of rotatable bonds is 8. The molecule has 4 nitrogen and oxygen atoms in total. The molecule has 5 heteroatoms. The molecule has 1 aromatic rings. The monoisotopic (exact) mass is 286 g/mol. The first-order chi connectivity index (χ1) is 9.08. The fraction of sp³-hybridized carbons (Fsp3) is 0.714. The predicted octanol–water partition coefficient (Wildman–Crippen LogP) is 3.05. The lowest BCUT2D eigenvalue weighted by Crippen LogP contribution is -2.25. The predicted molar refractivity (Wildman–Crippen MR) is 76.7 cm³/mol. The zero-order valence-electron chi connectivity index (χ0n) is 12.2. The molecule has 0 N–H and O–H groups in total. The third-order valence-electron chi connectivity index (χ3n) is 3.23. The topological polar surface area (TPSA) is 44.1 Å². The second-order valence-electron chi connectivity index (χ2n) is 4.53. The number of carbonyl (C=O) groups is 1. The lowest BCUT2D eigenvalue weighted by molar-refractivity contribution is -0.128. The molecule has 0 saturated carbocycles. The van der Waals surface area contributed by atoms with Gasteiger partial charge in [0, 0.05) is 13.7 Å². The van der Waals surface area contributed by atoms with Crippen LogP contribution in [0.4, 0.5) is 0 Å². The minimum atomic E-state index is -0.341. The minimum Gasteiger partial charge on any atom is -0.374 e. The molecule has 1 aromatic heterocycles. The number of hydrogen-bond donors (Lipinski definition) is 0. The maximum absolute atomic E-state index is 12.2. The summed E-state index contributed by atoms with van der Waals surface area (Å²) in [6.45, 7) is 6.76. The van der Waals surface area contributed by atoms with Crippen LogP contribution in [-0.2, 0) is 28.9 Å². The maximum Gasteiger partial charge on any atom is 0.167 e.